The quantitative estimate of drug-likeness (QED) is 0.597. The molecule has 1 heterocycles. The highest BCUT2D eigenvalue weighted by atomic mass is 35.5. The lowest BCUT2D eigenvalue weighted by atomic mass is 10.0. The van der Waals surface area contributed by atoms with Crippen molar-refractivity contribution in [2.45, 2.75) is 27.5 Å². The summed E-state index contributed by atoms with van der Waals surface area (Å²) in [6.07, 6.45) is 1.52. The molecule has 0 aliphatic carbocycles. The molecule has 0 N–H and O–H groups in total. The molecule has 0 fully saturated rings. The molecule has 0 saturated carbocycles. The number of hydrogen-bond donors (Lipinski definition) is 0. The van der Waals surface area contributed by atoms with Crippen molar-refractivity contribution in [2.24, 2.45) is 0 Å². The van der Waals surface area contributed by atoms with Gasteiger partial charge in [-0.25, -0.2) is 16.8 Å². The standard InChI is InChI=1S/C21H18ClNO4S2/c22-17-10-12-18(13-11-17)28(24,25)19-7-3-8-20(15-19)29(26,27)23-14-4-6-16-5-1-2-9-21(16)23/h1-3,5,7-13,15H,4,6,14H2. The van der Waals surface area contributed by atoms with E-state index in [-0.39, 0.29) is 14.7 Å². The molecule has 0 amide bonds. The van der Waals surface area contributed by atoms with Crippen LogP contribution in [0.25, 0.3) is 0 Å². The Balaban J connectivity index is 1.77. The minimum Gasteiger partial charge on any atom is -0.266 e. The van der Waals surface area contributed by atoms with Crippen LogP contribution in [0.2, 0.25) is 5.02 Å². The lowest BCUT2D eigenvalue weighted by molar-refractivity contribution is 0.586. The van der Waals surface area contributed by atoms with E-state index in [1.807, 2.05) is 12.1 Å². The molecule has 0 unspecified atom stereocenters. The normalized spacial score (nSPS) is 14.4. The molecule has 3 aromatic carbocycles. The Hall–Kier alpha value is -2.35. The van der Waals surface area contributed by atoms with Gasteiger partial charge in [0.1, 0.15) is 0 Å². The molecule has 29 heavy (non-hydrogen) atoms. The number of fused-ring (bicyclic) bond motifs is 1. The largest absolute Gasteiger partial charge is 0.266 e. The zero-order chi connectivity index (χ0) is 20.6. The van der Waals surface area contributed by atoms with E-state index in [9.17, 15) is 16.8 Å². The van der Waals surface area contributed by atoms with Gasteiger partial charge < -0.3 is 0 Å². The molecule has 1 aliphatic rings. The first-order chi connectivity index (χ1) is 13.8. The molecule has 0 aromatic heterocycles. The van der Waals surface area contributed by atoms with Gasteiger partial charge in [0.25, 0.3) is 10.0 Å². The molecule has 0 spiro atoms. The summed E-state index contributed by atoms with van der Waals surface area (Å²) in [5.74, 6) is 0. The molecule has 1 aliphatic heterocycles. The van der Waals surface area contributed by atoms with E-state index in [0.29, 0.717) is 23.7 Å². The number of sulfone groups is 1. The molecule has 3 aromatic rings. The second kappa shape index (κ2) is 7.48. The molecule has 150 valence electrons. The van der Waals surface area contributed by atoms with Crippen molar-refractivity contribution in [3.8, 4) is 0 Å². The Morgan fingerprint density at radius 1 is 0.759 bits per heavy atom. The lowest BCUT2D eigenvalue weighted by Crippen LogP contribution is -2.35. The van der Waals surface area contributed by atoms with E-state index in [4.69, 9.17) is 11.6 Å². The minimum atomic E-state index is -3.90. The van der Waals surface area contributed by atoms with Crippen LogP contribution in [0.15, 0.2) is 87.5 Å². The van der Waals surface area contributed by atoms with Crippen molar-refractivity contribution < 1.29 is 16.8 Å². The Morgan fingerprint density at radius 2 is 1.45 bits per heavy atom. The van der Waals surface area contributed by atoms with Crippen molar-refractivity contribution in [3.05, 3.63) is 83.4 Å². The predicted octanol–water partition coefficient (Wildman–Crippen LogP) is 4.31. The van der Waals surface area contributed by atoms with Gasteiger partial charge in [0.05, 0.1) is 20.4 Å². The second-order valence-corrected chi connectivity index (χ2v) is 11.0. The fraction of sp³-hybridized carbons (Fsp3) is 0.143. The molecule has 5 nitrogen and oxygen atoms in total. The van der Waals surface area contributed by atoms with Crippen molar-refractivity contribution in [1.29, 1.82) is 0 Å². The number of halogens is 1. The van der Waals surface area contributed by atoms with Gasteiger partial charge in [-0.1, -0.05) is 35.9 Å². The van der Waals surface area contributed by atoms with Crippen LogP contribution in [-0.2, 0) is 26.3 Å². The number of sulfonamides is 1. The highest BCUT2D eigenvalue weighted by Crippen LogP contribution is 2.33. The smallest absolute Gasteiger partial charge is 0.264 e. The van der Waals surface area contributed by atoms with Crippen LogP contribution in [-0.4, -0.2) is 23.4 Å². The van der Waals surface area contributed by atoms with E-state index < -0.39 is 19.9 Å². The van der Waals surface area contributed by atoms with Crippen molar-refractivity contribution >= 4 is 37.1 Å². The highest BCUT2D eigenvalue weighted by molar-refractivity contribution is 7.93. The maximum absolute atomic E-state index is 13.3. The summed E-state index contributed by atoms with van der Waals surface area (Å²) in [7, 11) is -7.77. The van der Waals surface area contributed by atoms with Gasteiger partial charge in [-0.05, 0) is 66.9 Å². The molecule has 0 saturated heterocycles. The number of rotatable bonds is 4. The van der Waals surface area contributed by atoms with Crippen LogP contribution < -0.4 is 4.31 Å². The fourth-order valence-corrected chi connectivity index (χ4v) is 6.52. The first kappa shape index (κ1) is 19.9. The number of hydrogen-bond acceptors (Lipinski definition) is 4. The summed E-state index contributed by atoms with van der Waals surface area (Å²) in [6, 6.07) is 18.6. The summed E-state index contributed by atoms with van der Waals surface area (Å²) in [4.78, 5) is -0.0739. The van der Waals surface area contributed by atoms with Crippen LogP contribution in [0.1, 0.15) is 12.0 Å². The number of aryl methyl sites for hydroxylation is 1. The Morgan fingerprint density at radius 3 is 2.21 bits per heavy atom. The SMILES string of the molecule is O=S(=O)(c1ccc(Cl)cc1)c1cccc(S(=O)(=O)N2CCCc3ccccc32)c1. The average molecular weight is 448 g/mol. The molecule has 0 bridgehead atoms. The third kappa shape index (κ3) is 3.66. The van der Waals surface area contributed by atoms with Gasteiger partial charge in [0, 0.05) is 11.6 Å². The first-order valence-corrected chi connectivity index (χ1v) is 12.3. The molecule has 0 atom stereocenters. The number of benzene rings is 3. The average Bonchev–Trinajstić information content (AvgIpc) is 2.73. The molecule has 4 rings (SSSR count). The fourth-order valence-electron chi connectivity index (χ4n) is 3.43. The van der Waals surface area contributed by atoms with Crippen LogP contribution >= 0.6 is 11.6 Å². The predicted molar refractivity (Wildman–Crippen MR) is 113 cm³/mol. The lowest BCUT2D eigenvalue weighted by Gasteiger charge is -2.30. The topological polar surface area (TPSA) is 71.5 Å². The van der Waals surface area contributed by atoms with E-state index >= 15 is 0 Å². The van der Waals surface area contributed by atoms with E-state index in [1.165, 1.54) is 52.8 Å². The highest BCUT2D eigenvalue weighted by Gasteiger charge is 2.30. The van der Waals surface area contributed by atoms with Gasteiger partial charge in [-0.15, -0.1) is 0 Å². The van der Waals surface area contributed by atoms with Gasteiger partial charge in [0.2, 0.25) is 9.84 Å². The zero-order valence-corrected chi connectivity index (χ0v) is 17.7. The van der Waals surface area contributed by atoms with Crippen molar-refractivity contribution in [3.63, 3.8) is 0 Å². The van der Waals surface area contributed by atoms with Crippen LogP contribution in [0.3, 0.4) is 0 Å². The van der Waals surface area contributed by atoms with Crippen molar-refractivity contribution in [1.82, 2.24) is 0 Å². The van der Waals surface area contributed by atoms with Crippen LogP contribution in [0.5, 0.6) is 0 Å². The van der Waals surface area contributed by atoms with Crippen molar-refractivity contribution in [2.75, 3.05) is 10.8 Å². The number of nitrogens with zero attached hydrogens (tertiary/aromatic N) is 1. The molecular weight excluding hydrogens is 430 g/mol. The Bertz CT molecular complexity index is 1270. The molecule has 0 radical (unpaired) electrons. The van der Waals surface area contributed by atoms with Crippen LogP contribution in [0.4, 0.5) is 5.69 Å². The van der Waals surface area contributed by atoms with Gasteiger partial charge in [-0.3, -0.25) is 4.31 Å². The summed E-state index contributed by atoms with van der Waals surface area (Å²) < 4.78 is 53.9. The number of anilines is 1. The first-order valence-electron chi connectivity index (χ1n) is 9.01. The maximum atomic E-state index is 13.3. The third-order valence-electron chi connectivity index (χ3n) is 4.90. The minimum absolute atomic E-state index is 0.0516. The number of para-hydroxylation sites is 1. The van der Waals surface area contributed by atoms with E-state index in [2.05, 4.69) is 0 Å². The molecule has 8 heteroatoms. The monoisotopic (exact) mass is 447 g/mol. The van der Waals surface area contributed by atoms with Crippen LogP contribution in [0, 0.1) is 0 Å². The molecular formula is C21H18ClNO4S2. The Labute approximate surface area is 175 Å². The van der Waals surface area contributed by atoms with Gasteiger partial charge in [0.15, 0.2) is 0 Å². The Kier molecular flexibility index (Phi) is 5.14. The third-order valence-corrected chi connectivity index (χ3v) is 8.72. The second-order valence-electron chi connectivity index (χ2n) is 6.74. The van der Waals surface area contributed by atoms with E-state index in [1.54, 1.807) is 12.1 Å². The zero-order valence-electron chi connectivity index (χ0n) is 15.3. The van der Waals surface area contributed by atoms with Gasteiger partial charge in [-0.2, -0.15) is 0 Å². The summed E-state index contributed by atoms with van der Waals surface area (Å²) in [5, 5.41) is 0.420. The summed E-state index contributed by atoms with van der Waals surface area (Å²) >= 11 is 5.84. The van der Waals surface area contributed by atoms with E-state index in [0.717, 1.165) is 12.0 Å². The summed E-state index contributed by atoms with van der Waals surface area (Å²) in [6.45, 7) is 0.355. The van der Waals surface area contributed by atoms with Gasteiger partial charge >= 0.3 is 0 Å². The maximum Gasteiger partial charge on any atom is 0.264 e. The summed E-state index contributed by atoms with van der Waals surface area (Å²) in [5.41, 5.74) is 1.61.